The average molecular weight is 428 g/mol. The molecule has 0 unspecified atom stereocenters. The first-order valence-corrected chi connectivity index (χ1v) is 10.4. The van der Waals surface area contributed by atoms with Crippen molar-refractivity contribution in [2.24, 2.45) is 0 Å². The number of pyridine rings is 1. The highest BCUT2D eigenvalue weighted by molar-refractivity contribution is 5.92. The summed E-state index contributed by atoms with van der Waals surface area (Å²) in [5.74, 6) is -0.460. The number of fused-ring (bicyclic) bond motifs is 1. The van der Waals surface area contributed by atoms with Crippen molar-refractivity contribution in [1.82, 2.24) is 15.3 Å². The van der Waals surface area contributed by atoms with Crippen LogP contribution in [0.2, 0.25) is 0 Å². The number of anilines is 1. The minimum Gasteiger partial charge on any atom is -0.462 e. The Morgan fingerprint density at radius 2 is 1.88 bits per heavy atom. The minimum absolute atomic E-state index is 0.0724. The Bertz CT molecular complexity index is 1200. The number of hydrogen-bond donors (Lipinski definition) is 3. The third-order valence-electron chi connectivity index (χ3n) is 5.20. The van der Waals surface area contributed by atoms with Gasteiger partial charge in [0.05, 0.1) is 12.2 Å². The highest BCUT2D eigenvalue weighted by Crippen LogP contribution is 2.30. The number of nitrogens with one attached hydrogen (secondary N) is 3. The quantitative estimate of drug-likeness (QED) is 0.372. The molecule has 2 heterocycles. The van der Waals surface area contributed by atoms with Crippen LogP contribution in [0.4, 0.5) is 10.5 Å². The highest BCUT2D eigenvalue weighted by atomic mass is 16.5. The molecule has 0 spiro atoms. The van der Waals surface area contributed by atoms with Crippen LogP contribution < -0.4 is 10.6 Å². The van der Waals surface area contributed by atoms with E-state index in [0.717, 1.165) is 22.0 Å². The van der Waals surface area contributed by atoms with E-state index in [0.29, 0.717) is 24.4 Å². The monoisotopic (exact) mass is 428 g/mol. The fourth-order valence-corrected chi connectivity index (χ4v) is 3.65. The molecule has 0 radical (unpaired) electrons. The summed E-state index contributed by atoms with van der Waals surface area (Å²) in [5.41, 5.74) is 4.17. The van der Waals surface area contributed by atoms with Gasteiger partial charge in [-0.3, -0.25) is 4.98 Å². The third-order valence-corrected chi connectivity index (χ3v) is 5.20. The summed E-state index contributed by atoms with van der Waals surface area (Å²) in [4.78, 5) is 31.9. The van der Waals surface area contributed by atoms with E-state index >= 15 is 0 Å². The Balaban J connectivity index is 1.46. The van der Waals surface area contributed by atoms with Crippen molar-refractivity contribution in [3.63, 3.8) is 0 Å². The van der Waals surface area contributed by atoms with Gasteiger partial charge in [0.2, 0.25) is 0 Å². The molecule has 4 aromatic rings. The fourth-order valence-electron chi connectivity index (χ4n) is 3.65. The van der Waals surface area contributed by atoms with E-state index in [1.54, 1.807) is 37.4 Å². The first-order chi connectivity index (χ1) is 15.7. The topological polar surface area (TPSA) is 96.1 Å². The van der Waals surface area contributed by atoms with Crippen LogP contribution >= 0.6 is 0 Å². The van der Waals surface area contributed by atoms with E-state index in [1.807, 2.05) is 42.7 Å². The van der Waals surface area contributed by atoms with E-state index in [1.165, 1.54) is 0 Å². The number of carbonyl (C=O) groups excluding carboxylic acids is 2. The largest absolute Gasteiger partial charge is 0.462 e. The number of aromatic amines is 1. The maximum absolute atomic E-state index is 12.6. The van der Waals surface area contributed by atoms with Gasteiger partial charge in [-0.25, -0.2) is 9.59 Å². The summed E-state index contributed by atoms with van der Waals surface area (Å²) >= 11 is 0. The van der Waals surface area contributed by atoms with Gasteiger partial charge in [0.1, 0.15) is 0 Å². The molecular formula is C25H24N4O3. The number of hydrogen-bond acceptors (Lipinski definition) is 4. The molecule has 4 rings (SSSR count). The number of para-hydroxylation sites is 1. The zero-order valence-electron chi connectivity index (χ0n) is 17.7. The Kier molecular flexibility index (Phi) is 6.46. The molecule has 7 nitrogen and oxygen atoms in total. The number of ether oxygens (including phenoxy) is 1. The number of esters is 1. The third kappa shape index (κ3) is 4.78. The summed E-state index contributed by atoms with van der Waals surface area (Å²) in [6.45, 7) is 2.46. The zero-order valence-corrected chi connectivity index (χ0v) is 17.7. The molecule has 0 aliphatic heterocycles. The van der Waals surface area contributed by atoms with Crippen LogP contribution in [-0.2, 0) is 4.74 Å². The zero-order chi connectivity index (χ0) is 22.3. The van der Waals surface area contributed by atoms with Crippen molar-refractivity contribution in [3.05, 3.63) is 95.9 Å². The summed E-state index contributed by atoms with van der Waals surface area (Å²) in [7, 11) is 0. The molecule has 0 saturated carbocycles. The number of rotatable bonds is 7. The molecule has 3 N–H and O–H groups in total. The summed E-state index contributed by atoms with van der Waals surface area (Å²) in [5, 5.41) is 6.87. The number of urea groups is 1. The molecule has 2 amide bonds. The first kappa shape index (κ1) is 21.1. The molecule has 2 aromatic heterocycles. The predicted octanol–water partition coefficient (Wildman–Crippen LogP) is 4.69. The van der Waals surface area contributed by atoms with Gasteiger partial charge in [-0.1, -0.05) is 24.3 Å². The maximum atomic E-state index is 12.6. The number of amides is 2. The van der Waals surface area contributed by atoms with Crippen molar-refractivity contribution in [3.8, 4) is 0 Å². The molecule has 0 fully saturated rings. The molecule has 2 aromatic carbocycles. The van der Waals surface area contributed by atoms with E-state index in [9.17, 15) is 9.59 Å². The summed E-state index contributed by atoms with van der Waals surface area (Å²) in [6.07, 6.45) is 5.53. The minimum atomic E-state index is -0.387. The van der Waals surface area contributed by atoms with Gasteiger partial charge in [-0.15, -0.1) is 0 Å². The molecule has 32 heavy (non-hydrogen) atoms. The second kappa shape index (κ2) is 9.78. The smallest absolute Gasteiger partial charge is 0.338 e. The maximum Gasteiger partial charge on any atom is 0.338 e. The molecular weight excluding hydrogens is 404 g/mol. The van der Waals surface area contributed by atoms with Crippen LogP contribution in [0.15, 0.2) is 79.3 Å². The van der Waals surface area contributed by atoms with Crippen LogP contribution in [0, 0.1) is 0 Å². The number of nitrogens with zero attached hydrogens (tertiary/aromatic N) is 1. The van der Waals surface area contributed by atoms with Crippen LogP contribution in [0.1, 0.15) is 34.3 Å². The van der Waals surface area contributed by atoms with Gasteiger partial charge in [-0.2, -0.15) is 0 Å². The molecule has 0 bridgehead atoms. The fraction of sp³-hybridized carbons (Fsp3) is 0.160. The van der Waals surface area contributed by atoms with Gasteiger partial charge in [0.25, 0.3) is 0 Å². The Hall–Kier alpha value is -4.13. The Morgan fingerprint density at radius 3 is 2.62 bits per heavy atom. The SMILES string of the molecule is CCOC(=O)c1ccc(NC(=O)NC[C@H](c2cccnc2)c2c[nH]c3ccccc23)cc1. The summed E-state index contributed by atoms with van der Waals surface area (Å²) < 4.78 is 4.98. The lowest BCUT2D eigenvalue weighted by Gasteiger charge is -2.18. The van der Waals surface area contributed by atoms with Gasteiger partial charge in [0.15, 0.2) is 0 Å². The van der Waals surface area contributed by atoms with Gasteiger partial charge < -0.3 is 20.4 Å². The van der Waals surface area contributed by atoms with E-state index in [2.05, 4.69) is 26.7 Å². The summed E-state index contributed by atoms with van der Waals surface area (Å²) in [6, 6.07) is 18.2. The van der Waals surface area contributed by atoms with Crippen LogP contribution in [0.3, 0.4) is 0 Å². The van der Waals surface area contributed by atoms with E-state index < -0.39 is 0 Å². The average Bonchev–Trinajstić information content (AvgIpc) is 3.25. The molecule has 7 heteroatoms. The second-order valence-corrected chi connectivity index (χ2v) is 7.26. The predicted molar refractivity (Wildman–Crippen MR) is 124 cm³/mol. The number of aromatic nitrogens is 2. The molecule has 162 valence electrons. The Labute approximate surface area is 185 Å². The van der Waals surface area contributed by atoms with Crippen molar-refractivity contribution in [1.29, 1.82) is 0 Å². The lowest BCUT2D eigenvalue weighted by Crippen LogP contribution is -2.32. The van der Waals surface area contributed by atoms with Crippen molar-refractivity contribution in [2.75, 3.05) is 18.5 Å². The number of H-pyrrole nitrogens is 1. The lowest BCUT2D eigenvalue weighted by atomic mass is 9.92. The molecule has 0 aliphatic carbocycles. The molecule has 1 atom stereocenters. The van der Waals surface area contributed by atoms with E-state index in [-0.39, 0.29) is 17.9 Å². The second-order valence-electron chi connectivity index (χ2n) is 7.26. The Morgan fingerprint density at radius 1 is 1.06 bits per heavy atom. The van der Waals surface area contributed by atoms with Crippen LogP contribution in [0.25, 0.3) is 10.9 Å². The van der Waals surface area contributed by atoms with Crippen LogP contribution in [0.5, 0.6) is 0 Å². The van der Waals surface area contributed by atoms with Crippen LogP contribution in [-0.4, -0.2) is 35.1 Å². The number of benzene rings is 2. The van der Waals surface area contributed by atoms with Crippen molar-refractivity contribution in [2.45, 2.75) is 12.8 Å². The highest BCUT2D eigenvalue weighted by Gasteiger charge is 2.19. The van der Waals surface area contributed by atoms with E-state index in [4.69, 9.17) is 4.74 Å². The van der Waals surface area contributed by atoms with Gasteiger partial charge in [-0.05, 0) is 54.4 Å². The first-order valence-electron chi connectivity index (χ1n) is 10.4. The normalized spacial score (nSPS) is 11.7. The standard InChI is InChI=1S/C25H24N4O3/c1-2-32-24(30)17-9-11-19(12-10-17)29-25(31)28-15-21(18-6-5-13-26-14-18)22-16-27-23-8-4-3-7-20(22)23/h3-14,16,21,27H,2,15H2,1H3,(H2,28,29,31)/t21-/m1/s1. The lowest BCUT2D eigenvalue weighted by molar-refractivity contribution is 0.0526. The van der Waals surface area contributed by atoms with Crippen molar-refractivity contribution < 1.29 is 14.3 Å². The molecule has 0 aliphatic rings. The van der Waals surface area contributed by atoms with Gasteiger partial charge in [0, 0.05) is 47.6 Å². The van der Waals surface area contributed by atoms with Crippen molar-refractivity contribution >= 4 is 28.6 Å². The molecule has 0 saturated heterocycles. The van der Waals surface area contributed by atoms with Gasteiger partial charge >= 0.3 is 12.0 Å². The number of carbonyl (C=O) groups is 2.